The lowest BCUT2D eigenvalue weighted by molar-refractivity contribution is 0.0178. The third-order valence-corrected chi connectivity index (χ3v) is 6.39. The maximum atomic E-state index is 12.3. The van der Waals surface area contributed by atoms with Gasteiger partial charge in [0, 0.05) is 12.0 Å². The fourth-order valence-electron chi connectivity index (χ4n) is 4.44. The summed E-state index contributed by atoms with van der Waals surface area (Å²) in [6.07, 6.45) is 0.591. The van der Waals surface area contributed by atoms with Gasteiger partial charge in [-0.2, -0.15) is 0 Å². The first-order valence-electron chi connectivity index (χ1n) is 9.34. The van der Waals surface area contributed by atoms with E-state index in [9.17, 15) is 4.79 Å². The maximum Gasteiger partial charge on any atom is 0.407 e. The van der Waals surface area contributed by atoms with E-state index in [1.807, 2.05) is 12.1 Å². The van der Waals surface area contributed by atoms with Crippen LogP contribution in [0.2, 0.25) is 0 Å². The van der Waals surface area contributed by atoms with Crippen molar-refractivity contribution in [1.82, 2.24) is 5.32 Å². The van der Waals surface area contributed by atoms with Gasteiger partial charge in [0.05, 0.1) is 0 Å². The van der Waals surface area contributed by atoms with E-state index in [4.69, 9.17) is 10.5 Å². The van der Waals surface area contributed by atoms with E-state index in [-0.39, 0.29) is 23.5 Å². The first kappa shape index (κ1) is 17.1. The van der Waals surface area contributed by atoms with Crippen molar-refractivity contribution in [2.45, 2.75) is 32.2 Å². The van der Waals surface area contributed by atoms with Gasteiger partial charge in [0.2, 0.25) is 0 Å². The fourth-order valence-corrected chi connectivity index (χ4v) is 4.44. The van der Waals surface area contributed by atoms with Crippen LogP contribution in [-0.2, 0) is 4.74 Å². The second-order valence-corrected chi connectivity index (χ2v) is 8.01. The molecule has 0 spiro atoms. The normalized spacial score (nSPS) is 22.9. The molecule has 0 saturated heterocycles. The number of amides is 1. The Hall–Kier alpha value is -2.33. The zero-order chi connectivity index (χ0) is 18.3. The molecule has 0 bridgehead atoms. The monoisotopic (exact) mass is 350 g/mol. The standard InChI is InChI=1S/C22H26N2O2/c1-22(2)14(12-23)11-20(22)24-21(25)26-13-19-17-9-5-3-7-15(17)16-8-4-6-10-18(16)19/h3-10,14,19-20H,11-13,23H2,1-2H3,(H,24,25). The third kappa shape index (κ3) is 2.69. The predicted octanol–water partition coefficient (Wildman–Crippen LogP) is 3.90. The quantitative estimate of drug-likeness (QED) is 0.879. The van der Waals surface area contributed by atoms with Crippen LogP contribution >= 0.6 is 0 Å². The molecular formula is C22H26N2O2. The first-order valence-corrected chi connectivity index (χ1v) is 9.34. The van der Waals surface area contributed by atoms with Crippen molar-refractivity contribution in [1.29, 1.82) is 0 Å². The van der Waals surface area contributed by atoms with Crippen LogP contribution in [-0.4, -0.2) is 25.3 Å². The first-order chi connectivity index (χ1) is 12.5. The van der Waals surface area contributed by atoms with Crippen LogP contribution < -0.4 is 11.1 Å². The molecule has 2 aromatic carbocycles. The molecule has 26 heavy (non-hydrogen) atoms. The van der Waals surface area contributed by atoms with Crippen LogP contribution in [0.1, 0.15) is 37.3 Å². The summed E-state index contributed by atoms with van der Waals surface area (Å²) in [5, 5.41) is 3.03. The molecule has 2 aromatic rings. The molecular weight excluding hydrogens is 324 g/mol. The molecule has 4 nitrogen and oxygen atoms in total. The summed E-state index contributed by atoms with van der Waals surface area (Å²) in [5.74, 6) is 0.556. The predicted molar refractivity (Wildman–Crippen MR) is 103 cm³/mol. The minimum Gasteiger partial charge on any atom is -0.449 e. The van der Waals surface area contributed by atoms with Crippen molar-refractivity contribution in [3.63, 3.8) is 0 Å². The molecule has 136 valence electrons. The van der Waals surface area contributed by atoms with Gasteiger partial charge < -0.3 is 15.8 Å². The highest BCUT2D eigenvalue weighted by Crippen LogP contribution is 2.46. The highest BCUT2D eigenvalue weighted by molar-refractivity contribution is 5.79. The van der Waals surface area contributed by atoms with E-state index < -0.39 is 0 Å². The van der Waals surface area contributed by atoms with Gasteiger partial charge in [0.15, 0.2) is 0 Å². The second-order valence-electron chi connectivity index (χ2n) is 8.01. The van der Waals surface area contributed by atoms with Crippen LogP contribution in [0.5, 0.6) is 0 Å². The molecule has 0 radical (unpaired) electrons. The fraction of sp³-hybridized carbons (Fsp3) is 0.409. The molecule has 3 N–H and O–H groups in total. The van der Waals surface area contributed by atoms with Crippen molar-refractivity contribution in [2.75, 3.05) is 13.2 Å². The van der Waals surface area contributed by atoms with Crippen molar-refractivity contribution in [3.05, 3.63) is 59.7 Å². The van der Waals surface area contributed by atoms with Crippen LogP contribution in [0.25, 0.3) is 11.1 Å². The van der Waals surface area contributed by atoms with Crippen molar-refractivity contribution in [2.24, 2.45) is 17.1 Å². The van der Waals surface area contributed by atoms with E-state index in [2.05, 4.69) is 55.6 Å². The molecule has 2 aliphatic carbocycles. The molecule has 1 saturated carbocycles. The third-order valence-electron chi connectivity index (χ3n) is 6.39. The highest BCUT2D eigenvalue weighted by Gasteiger charge is 2.48. The number of ether oxygens (including phenoxy) is 1. The van der Waals surface area contributed by atoms with E-state index in [1.165, 1.54) is 22.3 Å². The van der Waals surface area contributed by atoms with E-state index in [1.54, 1.807) is 0 Å². The number of hydrogen-bond donors (Lipinski definition) is 2. The SMILES string of the molecule is CC1(C)C(CN)CC1NC(=O)OCC1c2ccccc2-c2ccccc21. The molecule has 4 heteroatoms. The van der Waals surface area contributed by atoms with Crippen molar-refractivity contribution >= 4 is 6.09 Å². The van der Waals surface area contributed by atoms with E-state index in [0.29, 0.717) is 19.1 Å². The minimum atomic E-state index is -0.333. The van der Waals surface area contributed by atoms with Gasteiger partial charge in [-0.1, -0.05) is 62.4 Å². The zero-order valence-corrected chi connectivity index (χ0v) is 15.4. The molecule has 0 aromatic heterocycles. The summed E-state index contributed by atoms with van der Waals surface area (Å²) in [6, 6.07) is 16.9. The summed E-state index contributed by atoms with van der Waals surface area (Å²) in [7, 11) is 0. The summed E-state index contributed by atoms with van der Waals surface area (Å²) in [6.45, 7) is 5.33. The molecule has 1 amide bonds. The topological polar surface area (TPSA) is 64.3 Å². The Kier molecular flexibility index (Phi) is 4.23. The molecule has 2 unspecified atom stereocenters. The number of hydrogen-bond acceptors (Lipinski definition) is 3. The largest absolute Gasteiger partial charge is 0.449 e. The van der Waals surface area contributed by atoms with E-state index >= 15 is 0 Å². The van der Waals surface area contributed by atoms with Gasteiger partial charge in [-0.25, -0.2) is 4.79 Å². The van der Waals surface area contributed by atoms with Crippen LogP contribution in [0.3, 0.4) is 0 Å². The Balaban J connectivity index is 1.43. The summed E-state index contributed by atoms with van der Waals surface area (Å²) in [4.78, 5) is 12.3. The number of benzene rings is 2. The number of nitrogens with one attached hydrogen (secondary N) is 1. The Morgan fingerprint density at radius 2 is 1.69 bits per heavy atom. The van der Waals surface area contributed by atoms with Crippen molar-refractivity contribution < 1.29 is 9.53 Å². The van der Waals surface area contributed by atoms with Crippen LogP contribution in [0, 0.1) is 11.3 Å². The number of carbonyl (C=O) groups is 1. The average molecular weight is 350 g/mol. The van der Waals surface area contributed by atoms with Gasteiger partial charge in [0.1, 0.15) is 6.61 Å². The number of nitrogens with two attached hydrogens (primary N) is 1. The van der Waals surface area contributed by atoms with Crippen LogP contribution in [0.4, 0.5) is 4.79 Å². The van der Waals surface area contributed by atoms with Gasteiger partial charge in [-0.3, -0.25) is 0 Å². The van der Waals surface area contributed by atoms with Gasteiger partial charge in [-0.05, 0) is 46.6 Å². The molecule has 4 rings (SSSR count). The molecule has 1 fully saturated rings. The maximum absolute atomic E-state index is 12.3. The van der Waals surface area contributed by atoms with E-state index in [0.717, 1.165) is 6.42 Å². The lowest BCUT2D eigenvalue weighted by atomic mass is 9.58. The van der Waals surface area contributed by atoms with Crippen LogP contribution in [0.15, 0.2) is 48.5 Å². The Morgan fingerprint density at radius 1 is 1.12 bits per heavy atom. The zero-order valence-electron chi connectivity index (χ0n) is 15.4. The minimum absolute atomic E-state index is 0.0281. The number of rotatable bonds is 4. The summed E-state index contributed by atoms with van der Waals surface area (Å²) in [5.41, 5.74) is 10.8. The van der Waals surface area contributed by atoms with Gasteiger partial charge in [0.25, 0.3) is 0 Å². The second kappa shape index (κ2) is 6.44. The Morgan fingerprint density at radius 3 is 2.23 bits per heavy atom. The lowest BCUT2D eigenvalue weighted by Gasteiger charge is -2.51. The molecule has 2 aliphatic rings. The highest BCUT2D eigenvalue weighted by atomic mass is 16.5. The number of fused-ring (bicyclic) bond motifs is 3. The number of carbonyl (C=O) groups excluding carboxylic acids is 1. The summed E-state index contributed by atoms with van der Waals surface area (Å²) < 4.78 is 5.63. The lowest BCUT2D eigenvalue weighted by Crippen LogP contribution is -2.60. The van der Waals surface area contributed by atoms with Gasteiger partial charge >= 0.3 is 6.09 Å². The molecule has 0 heterocycles. The molecule has 2 atom stereocenters. The Bertz CT molecular complexity index is 785. The molecule has 0 aliphatic heterocycles. The van der Waals surface area contributed by atoms with Gasteiger partial charge in [-0.15, -0.1) is 0 Å². The van der Waals surface area contributed by atoms with Crippen molar-refractivity contribution in [3.8, 4) is 11.1 Å². The summed E-state index contributed by atoms with van der Waals surface area (Å²) >= 11 is 0. The average Bonchev–Trinajstić information content (AvgIpc) is 2.97. The number of alkyl carbamates (subject to hydrolysis) is 1. The Labute approximate surface area is 154 Å². The smallest absolute Gasteiger partial charge is 0.407 e.